The van der Waals surface area contributed by atoms with Crippen LogP contribution in [0.3, 0.4) is 0 Å². The fourth-order valence-electron chi connectivity index (χ4n) is 1.94. The first-order valence-electron chi connectivity index (χ1n) is 6.84. The topological polar surface area (TPSA) is 63.2 Å². The van der Waals surface area contributed by atoms with Crippen LogP contribution in [0.5, 0.6) is 0 Å². The van der Waals surface area contributed by atoms with Gasteiger partial charge in [-0.25, -0.2) is 12.8 Å². The van der Waals surface area contributed by atoms with Crippen molar-refractivity contribution >= 4 is 21.5 Å². The molecule has 0 saturated heterocycles. The quantitative estimate of drug-likeness (QED) is 0.827. The third-order valence-corrected chi connectivity index (χ3v) is 4.42. The summed E-state index contributed by atoms with van der Waals surface area (Å²) < 4.78 is 39.7. The minimum Gasteiger partial charge on any atom is -0.294 e. The Labute approximate surface area is 129 Å². The summed E-state index contributed by atoms with van der Waals surface area (Å²) in [6.45, 7) is 1.92. The zero-order chi connectivity index (χ0) is 16.2. The van der Waals surface area contributed by atoms with Crippen molar-refractivity contribution < 1.29 is 17.6 Å². The smallest absolute Gasteiger partial charge is 0.261 e. The van der Waals surface area contributed by atoms with E-state index >= 15 is 0 Å². The molecule has 4 nitrogen and oxygen atoms in total. The number of halogens is 1. The van der Waals surface area contributed by atoms with Gasteiger partial charge in [-0.2, -0.15) is 0 Å². The van der Waals surface area contributed by atoms with Crippen LogP contribution in [-0.2, 0) is 10.0 Å². The molecule has 0 spiro atoms. The summed E-state index contributed by atoms with van der Waals surface area (Å²) in [5, 5.41) is 0. The highest BCUT2D eigenvalue weighted by atomic mass is 32.2. The second-order valence-electron chi connectivity index (χ2n) is 4.81. The lowest BCUT2D eigenvalue weighted by atomic mass is 10.1. The number of anilines is 1. The Hall–Kier alpha value is -2.21. The van der Waals surface area contributed by atoms with Crippen LogP contribution in [0.4, 0.5) is 10.1 Å². The van der Waals surface area contributed by atoms with Gasteiger partial charge in [0.2, 0.25) is 0 Å². The lowest BCUT2D eigenvalue weighted by Crippen LogP contribution is -2.13. The number of carbonyl (C=O) groups is 1. The highest BCUT2D eigenvalue weighted by Gasteiger charge is 2.15. The number of rotatable bonds is 6. The molecule has 0 aliphatic rings. The van der Waals surface area contributed by atoms with Gasteiger partial charge in [-0.15, -0.1) is 0 Å². The first kappa shape index (κ1) is 16.2. The molecule has 0 heterocycles. The van der Waals surface area contributed by atoms with Crippen LogP contribution in [0.1, 0.15) is 30.1 Å². The van der Waals surface area contributed by atoms with Gasteiger partial charge >= 0.3 is 0 Å². The van der Waals surface area contributed by atoms with Gasteiger partial charge in [-0.1, -0.05) is 13.0 Å². The van der Waals surface area contributed by atoms with E-state index in [4.69, 9.17) is 0 Å². The van der Waals surface area contributed by atoms with E-state index < -0.39 is 15.8 Å². The number of hydrogen-bond acceptors (Lipinski definition) is 3. The molecule has 0 saturated carbocycles. The molecule has 1 N–H and O–H groups in total. The molecule has 0 aromatic heterocycles. The van der Waals surface area contributed by atoms with Crippen molar-refractivity contribution in [2.24, 2.45) is 0 Å². The summed E-state index contributed by atoms with van der Waals surface area (Å²) >= 11 is 0. The van der Waals surface area contributed by atoms with E-state index in [1.165, 1.54) is 30.3 Å². The standard InChI is InChI=1S/C16H16FNO3S/c1-2-4-16(19)12-7-9-14(10-8-12)18-22(20,21)15-6-3-5-13(17)11-15/h3,5-11,18H,2,4H2,1H3. The van der Waals surface area contributed by atoms with Crippen LogP contribution in [0.15, 0.2) is 53.4 Å². The van der Waals surface area contributed by atoms with Gasteiger partial charge < -0.3 is 0 Å². The molecule has 2 rings (SSSR count). The zero-order valence-corrected chi connectivity index (χ0v) is 12.9. The molecule has 0 bridgehead atoms. The van der Waals surface area contributed by atoms with Crippen molar-refractivity contribution in [3.63, 3.8) is 0 Å². The molecule has 116 valence electrons. The Morgan fingerprint density at radius 2 is 1.82 bits per heavy atom. The number of Topliss-reactive ketones (excluding diaryl/α,β-unsaturated/α-hetero) is 1. The van der Waals surface area contributed by atoms with Crippen molar-refractivity contribution in [2.45, 2.75) is 24.7 Å². The molecule has 0 amide bonds. The minimum atomic E-state index is -3.85. The Morgan fingerprint density at radius 1 is 1.14 bits per heavy atom. The summed E-state index contributed by atoms with van der Waals surface area (Å²) in [4.78, 5) is 11.6. The Balaban J connectivity index is 2.18. The van der Waals surface area contributed by atoms with E-state index in [1.807, 2.05) is 6.92 Å². The molecular formula is C16H16FNO3S. The summed E-state index contributed by atoms with van der Waals surface area (Å²) in [5.74, 6) is -0.606. The van der Waals surface area contributed by atoms with Gasteiger partial charge in [-0.05, 0) is 48.9 Å². The number of nitrogens with one attached hydrogen (secondary N) is 1. The SMILES string of the molecule is CCCC(=O)c1ccc(NS(=O)(=O)c2cccc(F)c2)cc1. The van der Waals surface area contributed by atoms with Crippen LogP contribution in [-0.4, -0.2) is 14.2 Å². The van der Waals surface area contributed by atoms with Gasteiger partial charge in [0, 0.05) is 17.7 Å². The maximum absolute atomic E-state index is 13.1. The monoisotopic (exact) mass is 321 g/mol. The molecule has 0 aliphatic carbocycles. The molecular weight excluding hydrogens is 305 g/mol. The number of ketones is 1. The van der Waals surface area contributed by atoms with E-state index in [1.54, 1.807) is 12.1 Å². The van der Waals surface area contributed by atoms with Gasteiger partial charge in [-0.3, -0.25) is 9.52 Å². The molecule has 0 fully saturated rings. The van der Waals surface area contributed by atoms with Crippen molar-refractivity contribution in [3.05, 3.63) is 59.9 Å². The molecule has 0 unspecified atom stereocenters. The minimum absolute atomic E-state index is 0.0158. The van der Waals surface area contributed by atoms with Crippen LogP contribution >= 0.6 is 0 Å². The average molecular weight is 321 g/mol. The predicted molar refractivity (Wildman–Crippen MR) is 82.9 cm³/mol. The van der Waals surface area contributed by atoms with Crippen LogP contribution in [0, 0.1) is 5.82 Å². The Kier molecular flexibility index (Phi) is 4.92. The number of benzene rings is 2. The number of sulfonamides is 1. The average Bonchev–Trinajstić information content (AvgIpc) is 2.48. The van der Waals surface area contributed by atoms with Crippen molar-refractivity contribution in [2.75, 3.05) is 4.72 Å². The molecule has 6 heteroatoms. The maximum Gasteiger partial charge on any atom is 0.261 e. The highest BCUT2D eigenvalue weighted by Crippen LogP contribution is 2.18. The first-order chi connectivity index (χ1) is 10.4. The molecule has 0 aliphatic heterocycles. The number of hydrogen-bond donors (Lipinski definition) is 1. The normalized spacial score (nSPS) is 11.2. The fourth-order valence-corrected chi connectivity index (χ4v) is 3.03. The van der Waals surface area contributed by atoms with E-state index in [0.717, 1.165) is 12.5 Å². The van der Waals surface area contributed by atoms with E-state index in [9.17, 15) is 17.6 Å². The van der Waals surface area contributed by atoms with Crippen LogP contribution in [0.2, 0.25) is 0 Å². The Bertz CT molecular complexity index is 770. The fraction of sp³-hybridized carbons (Fsp3) is 0.188. The van der Waals surface area contributed by atoms with Gasteiger partial charge in [0.25, 0.3) is 10.0 Å². The van der Waals surface area contributed by atoms with Gasteiger partial charge in [0.05, 0.1) is 4.90 Å². The third kappa shape index (κ3) is 3.92. The molecule has 0 radical (unpaired) electrons. The Morgan fingerprint density at radius 3 is 2.41 bits per heavy atom. The number of carbonyl (C=O) groups excluding carboxylic acids is 1. The third-order valence-electron chi connectivity index (χ3n) is 3.04. The van der Waals surface area contributed by atoms with E-state index in [2.05, 4.69) is 4.72 Å². The summed E-state index contributed by atoms with van der Waals surface area (Å²) in [7, 11) is -3.85. The summed E-state index contributed by atoms with van der Waals surface area (Å²) in [5.41, 5.74) is 0.855. The van der Waals surface area contributed by atoms with Crippen LogP contribution < -0.4 is 4.72 Å². The van der Waals surface area contributed by atoms with Crippen molar-refractivity contribution in [1.29, 1.82) is 0 Å². The second-order valence-corrected chi connectivity index (χ2v) is 6.50. The predicted octanol–water partition coefficient (Wildman–Crippen LogP) is 3.61. The lowest BCUT2D eigenvalue weighted by molar-refractivity contribution is 0.0982. The van der Waals surface area contributed by atoms with Crippen molar-refractivity contribution in [3.8, 4) is 0 Å². The first-order valence-corrected chi connectivity index (χ1v) is 8.32. The highest BCUT2D eigenvalue weighted by molar-refractivity contribution is 7.92. The van der Waals surface area contributed by atoms with Crippen molar-refractivity contribution in [1.82, 2.24) is 0 Å². The van der Waals surface area contributed by atoms with Gasteiger partial charge in [0.15, 0.2) is 5.78 Å². The zero-order valence-electron chi connectivity index (χ0n) is 12.0. The lowest BCUT2D eigenvalue weighted by Gasteiger charge is -2.08. The van der Waals surface area contributed by atoms with E-state index in [-0.39, 0.29) is 10.7 Å². The summed E-state index contributed by atoms with van der Waals surface area (Å²) in [6.07, 6.45) is 1.21. The second kappa shape index (κ2) is 6.70. The van der Waals surface area contributed by atoms with Gasteiger partial charge in [0.1, 0.15) is 5.82 Å². The summed E-state index contributed by atoms with van der Waals surface area (Å²) in [6, 6.07) is 10.9. The molecule has 0 atom stereocenters. The van der Waals surface area contributed by atoms with E-state index in [0.29, 0.717) is 17.7 Å². The molecule has 2 aromatic carbocycles. The maximum atomic E-state index is 13.1. The van der Waals surface area contributed by atoms with Crippen LogP contribution in [0.25, 0.3) is 0 Å². The molecule has 22 heavy (non-hydrogen) atoms. The molecule has 2 aromatic rings. The largest absolute Gasteiger partial charge is 0.294 e.